The molecule has 2 fully saturated rings. The first-order valence-corrected chi connectivity index (χ1v) is 10.3. The number of amides is 2. The third-order valence-corrected chi connectivity index (χ3v) is 5.90. The summed E-state index contributed by atoms with van der Waals surface area (Å²) in [5.74, 6) is -0.218. The van der Waals surface area contributed by atoms with E-state index in [2.05, 4.69) is 0 Å². The van der Waals surface area contributed by atoms with E-state index in [0.717, 1.165) is 11.3 Å². The molecule has 0 aromatic heterocycles. The minimum Gasteiger partial charge on any atom is -0.497 e. The van der Waals surface area contributed by atoms with Gasteiger partial charge in [-0.3, -0.25) is 14.4 Å². The van der Waals surface area contributed by atoms with Crippen LogP contribution in [0.15, 0.2) is 78.9 Å². The Hall–Kier alpha value is -3.84. The molecule has 0 saturated carbocycles. The van der Waals surface area contributed by atoms with E-state index in [0.29, 0.717) is 17.2 Å². The Morgan fingerprint density at radius 1 is 0.781 bits per heavy atom. The summed E-state index contributed by atoms with van der Waals surface area (Å²) in [6.07, 6.45) is -0.931. The quantitative estimate of drug-likeness (QED) is 0.575. The van der Waals surface area contributed by atoms with E-state index in [1.807, 2.05) is 48.5 Å². The van der Waals surface area contributed by atoms with Crippen LogP contribution in [0.1, 0.15) is 11.6 Å². The Labute approximate surface area is 185 Å². The SMILES string of the molecule is COc1ccc([C@@H]2[C@H]3C(=O)N(c4ccccc4)C(=O)[C@@H]3ON2c2ccccc2)c(OC)c1. The van der Waals surface area contributed by atoms with Crippen LogP contribution in [0, 0.1) is 5.92 Å². The van der Waals surface area contributed by atoms with Gasteiger partial charge in [-0.15, -0.1) is 0 Å². The van der Waals surface area contributed by atoms with Crippen LogP contribution in [0.5, 0.6) is 11.5 Å². The van der Waals surface area contributed by atoms with Gasteiger partial charge in [0.05, 0.1) is 31.6 Å². The lowest BCUT2D eigenvalue weighted by molar-refractivity contribution is -0.126. The number of para-hydroxylation sites is 2. The molecule has 2 heterocycles. The van der Waals surface area contributed by atoms with Crippen molar-refractivity contribution in [3.05, 3.63) is 84.4 Å². The number of imide groups is 1. The maximum atomic E-state index is 13.6. The van der Waals surface area contributed by atoms with Crippen LogP contribution in [0.4, 0.5) is 11.4 Å². The van der Waals surface area contributed by atoms with Gasteiger partial charge in [0.25, 0.3) is 5.91 Å². The zero-order valence-electron chi connectivity index (χ0n) is 17.7. The van der Waals surface area contributed by atoms with Gasteiger partial charge in [-0.1, -0.05) is 36.4 Å². The number of nitrogens with zero attached hydrogens (tertiary/aromatic N) is 2. The monoisotopic (exact) mass is 430 g/mol. The maximum absolute atomic E-state index is 13.6. The fraction of sp³-hybridized carbons (Fsp3) is 0.200. The van der Waals surface area contributed by atoms with E-state index in [-0.39, 0.29) is 11.8 Å². The van der Waals surface area contributed by atoms with E-state index in [4.69, 9.17) is 14.3 Å². The molecule has 0 bridgehead atoms. The lowest BCUT2D eigenvalue weighted by atomic mass is 9.90. The molecule has 2 aliphatic rings. The Balaban J connectivity index is 1.63. The van der Waals surface area contributed by atoms with Crippen molar-refractivity contribution in [3.8, 4) is 11.5 Å². The standard InChI is InChI=1S/C25H22N2O5/c1-30-18-13-14-19(20(15-18)31-2)22-21-23(32-27(22)17-11-7-4-8-12-17)25(29)26(24(21)28)16-9-5-3-6-10-16/h3-15,21-23H,1-2H3/t21-,22-,23-/m1/s1. The van der Waals surface area contributed by atoms with Crippen molar-refractivity contribution < 1.29 is 23.9 Å². The predicted octanol–water partition coefficient (Wildman–Crippen LogP) is 3.75. The van der Waals surface area contributed by atoms with Crippen molar-refractivity contribution in [2.45, 2.75) is 12.1 Å². The maximum Gasteiger partial charge on any atom is 0.266 e. The van der Waals surface area contributed by atoms with Crippen LogP contribution in [0.2, 0.25) is 0 Å². The summed E-state index contributed by atoms with van der Waals surface area (Å²) in [5, 5.41) is 1.65. The molecule has 7 nitrogen and oxygen atoms in total. The highest BCUT2D eigenvalue weighted by atomic mass is 16.7. The number of rotatable bonds is 5. The Kier molecular flexibility index (Phi) is 5.03. The van der Waals surface area contributed by atoms with Gasteiger partial charge in [0.2, 0.25) is 5.91 Å². The van der Waals surface area contributed by atoms with Crippen LogP contribution in [-0.4, -0.2) is 32.1 Å². The smallest absolute Gasteiger partial charge is 0.266 e. The summed E-state index contributed by atoms with van der Waals surface area (Å²) in [4.78, 5) is 34.3. The van der Waals surface area contributed by atoms with E-state index in [1.165, 1.54) is 4.90 Å². The van der Waals surface area contributed by atoms with E-state index < -0.39 is 18.1 Å². The van der Waals surface area contributed by atoms with Gasteiger partial charge in [-0.2, -0.15) is 0 Å². The van der Waals surface area contributed by atoms with Crippen molar-refractivity contribution in [3.63, 3.8) is 0 Å². The number of ether oxygens (including phenoxy) is 2. The van der Waals surface area contributed by atoms with Gasteiger partial charge in [-0.05, 0) is 36.4 Å². The number of carbonyl (C=O) groups excluding carboxylic acids is 2. The van der Waals surface area contributed by atoms with E-state index >= 15 is 0 Å². The zero-order chi connectivity index (χ0) is 22.2. The van der Waals surface area contributed by atoms with Crippen molar-refractivity contribution in [1.82, 2.24) is 0 Å². The summed E-state index contributed by atoms with van der Waals surface area (Å²) >= 11 is 0. The molecule has 0 N–H and O–H groups in total. The molecule has 0 spiro atoms. The summed E-state index contributed by atoms with van der Waals surface area (Å²) in [7, 11) is 3.15. The molecule has 2 saturated heterocycles. The molecule has 2 amide bonds. The van der Waals surface area contributed by atoms with Gasteiger partial charge in [0.1, 0.15) is 17.4 Å². The zero-order valence-corrected chi connectivity index (χ0v) is 17.7. The van der Waals surface area contributed by atoms with Crippen molar-refractivity contribution in [2.24, 2.45) is 5.92 Å². The molecule has 162 valence electrons. The van der Waals surface area contributed by atoms with Crippen LogP contribution in [0.25, 0.3) is 0 Å². The van der Waals surface area contributed by atoms with Crippen LogP contribution in [0.3, 0.4) is 0 Å². The molecule has 3 aromatic rings. The normalized spacial score (nSPS) is 22.2. The molecule has 0 aliphatic carbocycles. The number of benzene rings is 3. The van der Waals surface area contributed by atoms with Crippen molar-refractivity contribution >= 4 is 23.2 Å². The fourth-order valence-electron chi connectivity index (χ4n) is 4.42. The highest BCUT2D eigenvalue weighted by molar-refractivity contribution is 6.23. The van der Waals surface area contributed by atoms with Gasteiger partial charge in [0.15, 0.2) is 6.10 Å². The number of hydrogen-bond acceptors (Lipinski definition) is 6. The predicted molar refractivity (Wildman–Crippen MR) is 119 cm³/mol. The van der Waals surface area contributed by atoms with E-state index in [9.17, 15) is 9.59 Å². The van der Waals surface area contributed by atoms with Crippen LogP contribution in [-0.2, 0) is 14.4 Å². The fourth-order valence-corrected chi connectivity index (χ4v) is 4.42. The number of fused-ring (bicyclic) bond motifs is 1. The molecule has 2 aliphatic heterocycles. The largest absolute Gasteiger partial charge is 0.497 e. The average molecular weight is 430 g/mol. The molecular formula is C25H22N2O5. The van der Waals surface area contributed by atoms with Crippen molar-refractivity contribution in [1.29, 1.82) is 0 Å². The van der Waals surface area contributed by atoms with E-state index in [1.54, 1.807) is 49.6 Å². The second-order valence-electron chi connectivity index (χ2n) is 7.61. The Bertz CT molecular complexity index is 1150. The molecule has 3 atom stereocenters. The topological polar surface area (TPSA) is 68.3 Å². The minimum atomic E-state index is -0.931. The van der Waals surface area contributed by atoms with Gasteiger partial charge in [0, 0.05) is 11.6 Å². The summed E-state index contributed by atoms with van der Waals surface area (Å²) < 4.78 is 11.0. The highest BCUT2D eigenvalue weighted by Gasteiger charge is 2.60. The second-order valence-corrected chi connectivity index (χ2v) is 7.61. The van der Waals surface area contributed by atoms with Crippen molar-refractivity contribution in [2.75, 3.05) is 24.2 Å². The molecule has 5 rings (SSSR count). The first kappa shape index (κ1) is 20.1. The molecular weight excluding hydrogens is 408 g/mol. The molecule has 0 radical (unpaired) electrons. The Morgan fingerprint density at radius 2 is 1.44 bits per heavy atom. The van der Waals surface area contributed by atoms with Crippen LogP contribution < -0.4 is 19.4 Å². The highest BCUT2D eigenvalue weighted by Crippen LogP contribution is 2.49. The summed E-state index contributed by atoms with van der Waals surface area (Å²) in [6, 6.07) is 23.2. The minimum absolute atomic E-state index is 0.299. The van der Waals surface area contributed by atoms with Gasteiger partial charge >= 0.3 is 0 Å². The Morgan fingerprint density at radius 3 is 2.06 bits per heavy atom. The number of hydrogen-bond donors (Lipinski definition) is 0. The number of anilines is 2. The number of methoxy groups -OCH3 is 2. The third kappa shape index (κ3) is 3.09. The molecule has 3 aromatic carbocycles. The average Bonchev–Trinajstić information content (AvgIpc) is 3.35. The van der Waals surface area contributed by atoms with Gasteiger partial charge < -0.3 is 9.47 Å². The molecule has 0 unspecified atom stereocenters. The van der Waals surface area contributed by atoms with Gasteiger partial charge in [-0.25, -0.2) is 9.96 Å². The lowest BCUT2D eigenvalue weighted by Crippen LogP contribution is -2.37. The second kappa shape index (κ2) is 8.01. The number of hydroxylamine groups is 1. The number of carbonyl (C=O) groups is 2. The third-order valence-electron chi connectivity index (χ3n) is 5.90. The first-order chi connectivity index (χ1) is 15.6. The molecule has 7 heteroatoms. The molecule has 32 heavy (non-hydrogen) atoms. The summed E-state index contributed by atoms with van der Waals surface area (Å²) in [5.41, 5.74) is 2.02. The first-order valence-electron chi connectivity index (χ1n) is 10.3. The van der Waals surface area contributed by atoms with Crippen LogP contribution >= 0.6 is 0 Å². The summed E-state index contributed by atoms with van der Waals surface area (Å²) in [6.45, 7) is 0. The lowest BCUT2D eigenvalue weighted by Gasteiger charge is -2.29.